The lowest BCUT2D eigenvalue weighted by Crippen LogP contribution is -2.48. The molecule has 0 spiro atoms. The average molecular weight is 280 g/mol. The maximum absolute atomic E-state index is 12.2. The standard InChI is InChI=1S/C14H24N4O2/c1-17-9-6-16-13(14(17)19)18-8-4-3-5-12(18)11-15-7-10-20-2/h6,9,12,15H,3-5,7-8,10-11H2,1-2H3. The average Bonchev–Trinajstić information content (AvgIpc) is 2.47. The van der Waals surface area contributed by atoms with Crippen LogP contribution < -0.4 is 15.8 Å². The van der Waals surface area contributed by atoms with Gasteiger partial charge in [0.2, 0.25) is 0 Å². The Kier molecular flexibility index (Phi) is 5.55. The van der Waals surface area contributed by atoms with Gasteiger partial charge in [0.1, 0.15) is 0 Å². The van der Waals surface area contributed by atoms with E-state index < -0.39 is 0 Å². The van der Waals surface area contributed by atoms with E-state index in [2.05, 4.69) is 15.2 Å². The van der Waals surface area contributed by atoms with E-state index in [9.17, 15) is 4.79 Å². The molecule has 20 heavy (non-hydrogen) atoms. The van der Waals surface area contributed by atoms with Crippen LogP contribution in [-0.2, 0) is 11.8 Å². The van der Waals surface area contributed by atoms with Crippen molar-refractivity contribution in [3.05, 3.63) is 22.7 Å². The van der Waals surface area contributed by atoms with Crippen molar-refractivity contribution in [2.75, 3.05) is 38.3 Å². The minimum Gasteiger partial charge on any atom is -0.383 e. The highest BCUT2D eigenvalue weighted by Crippen LogP contribution is 2.20. The summed E-state index contributed by atoms with van der Waals surface area (Å²) in [6.45, 7) is 3.31. The molecule has 1 aliphatic heterocycles. The first-order valence-electron chi connectivity index (χ1n) is 7.22. The SMILES string of the molecule is COCCNCC1CCCCN1c1nccn(C)c1=O. The molecule has 1 atom stereocenters. The molecule has 2 rings (SSSR count). The maximum Gasteiger partial charge on any atom is 0.293 e. The van der Waals surface area contributed by atoms with Crippen LogP contribution >= 0.6 is 0 Å². The lowest BCUT2D eigenvalue weighted by molar-refractivity contribution is 0.198. The Balaban J connectivity index is 2.06. The second-order valence-electron chi connectivity index (χ2n) is 5.21. The summed E-state index contributed by atoms with van der Waals surface area (Å²) in [6.07, 6.45) is 6.82. The molecule has 1 unspecified atom stereocenters. The smallest absolute Gasteiger partial charge is 0.293 e. The van der Waals surface area contributed by atoms with Crippen molar-refractivity contribution in [3.8, 4) is 0 Å². The number of hydrogen-bond acceptors (Lipinski definition) is 5. The molecule has 0 aliphatic carbocycles. The molecule has 6 heteroatoms. The van der Waals surface area contributed by atoms with Crippen LogP contribution in [0.1, 0.15) is 19.3 Å². The highest BCUT2D eigenvalue weighted by molar-refractivity contribution is 5.38. The van der Waals surface area contributed by atoms with Gasteiger partial charge in [0.15, 0.2) is 5.82 Å². The van der Waals surface area contributed by atoms with Gasteiger partial charge in [-0.3, -0.25) is 4.79 Å². The molecule has 1 aliphatic rings. The molecule has 1 aromatic rings. The first kappa shape index (κ1) is 15.0. The number of nitrogens with one attached hydrogen (secondary N) is 1. The summed E-state index contributed by atoms with van der Waals surface area (Å²) in [6, 6.07) is 0.336. The van der Waals surface area contributed by atoms with Crippen molar-refractivity contribution in [1.29, 1.82) is 0 Å². The van der Waals surface area contributed by atoms with Crippen molar-refractivity contribution >= 4 is 5.82 Å². The van der Waals surface area contributed by atoms with Gasteiger partial charge in [0.05, 0.1) is 6.61 Å². The molecule has 6 nitrogen and oxygen atoms in total. The van der Waals surface area contributed by atoms with Gasteiger partial charge >= 0.3 is 0 Å². The van der Waals surface area contributed by atoms with Crippen LogP contribution in [0.4, 0.5) is 5.82 Å². The molecule has 1 N–H and O–H groups in total. The van der Waals surface area contributed by atoms with Crippen LogP contribution in [0, 0.1) is 0 Å². The summed E-state index contributed by atoms with van der Waals surface area (Å²) >= 11 is 0. The first-order valence-corrected chi connectivity index (χ1v) is 7.22. The lowest BCUT2D eigenvalue weighted by atomic mass is 10.0. The molecule has 0 amide bonds. The predicted molar refractivity (Wildman–Crippen MR) is 79.2 cm³/mol. The predicted octanol–water partition coefficient (Wildman–Crippen LogP) is 0.375. The van der Waals surface area contributed by atoms with E-state index in [1.165, 1.54) is 6.42 Å². The second-order valence-corrected chi connectivity index (χ2v) is 5.21. The van der Waals surface area contributed by atoms with Crippen LogP contribution in [0.2, 0.25) is 0 Å². The van der Waals surface area contributed by atoms with E-state index in [1.807, 2.05) is 0 Å². The zero-order valence-corrected chi connectivity index (χ0v) is 12.3. The number of aryl methyl sites for hydroxylation is 1. The first-order chi connectivity index (χ1) is 9.74. The largest absolute Gasteiger partial charge is 0.383 e. The normalized spacial score (nSPS) is 19.3. The zero-order valence-electron chi connectivity index (χ0n) is 12.3. The number of piperidine rings is 1. The molecule has 0 bridgehead atoms. The molecule has 1 aromatic heterocycles. The number of anilines is 1. The van der Waals surface area contributed by atoms with Gasteiger partial charge in [-0.25, -0.2) is 4.98 Å². The Hall–Kier alpha value is -1.40. The number of hydrogen-bond donors (Lipinski definition) is 1. The van der Waals surface area contributed by atoms with Gasteiger partial charge in [-0.2, -0.15) is 0 Å². The van der Waals surface area contributed by atoms with Crippen molar-refractivity contribution in [2.45, 2.75) is 25.3 Å². The minimum atomic E-state index is -0.0173. The van der Waals surface area contributed by atoms with Crippen molar-refractivity contribution in [3.63, 3.8) is 0 Å². The Bertz CT molecular complexity index is 474. The number of ether oxygens (including phenoxy) is 1. The van der Waals surface area contributed by atoms with Gasteiger partial charge < -0.3 is 19.5 Å². The van der Waals surface area contributed by atoms with Crippen LogP contribution in [0.3, 0.4) is 0 Å². The van der Waals surface area contributed by atoms with E-state index in [4.69, 9.17) is 4.74 Å². The lowest BCUT2D eigenvalue weighted by Gasteiger charge is -2.36. The highest BCUT2D eigenvalue weighted by atomic mass is 16.5. The van der Waals surface area contributed by atoms with E-state index in [0.717, 1.165) is 32.5 Å². The van der Waals surface area contributed by atoms with Crippen molar-refractivity contribution in [2.24, 2.45) is 7.05 Å². The summed E-state index contributed by atoms with van der Waals surface area (Å²) in [4.78, 5) is 18.7. The molecular weight excluding hydrogens is 256 g/mol. The van der Waals surface area contributed by atoms with Gasteiger partial charge in [-0.15, -0.1) is 0 Å². The second kappa shape index (κ2) is 7.40. The summed E-state index contributed by atoms with van der Waals surface area (Å²) in [5.74, 6) is 0.577. The van der Waals surface area contributed by atoms with Gasteiger partial charge in [-0.1, -0.05) is 0 Å². The molecule has 2 heterocycles. The Morgan fingerprint density at radius 2 is 2.35 bits per heavy atom. The van der Waals surface area contributed by atoms with Crippen molar-refractivity contribution < 1.29 is 4.74 Å². The van der Waals surface area contributed by atoms with E-state index >= 15 is 0 Å². The van der Waals surface area contributed by atoms with E-state index in [1.54, 1.807) is 31.1 Å². The zero-order chi connectivity index (χ0) is 14.4. The fourth-order valence-corrected chi connectivity index (χ4v) is 2.62. The Morgan fingerprint density at radius 3 is 3.15 bits per heavy atom. The molecule has 1 fully saturated rings. The van der Waals surface area contributed by atoms with Gasteiger partial charge in [0.25, 0.3) is 5.56 Å². The topological polar surface area (TPSA) is 59.4 Å². The summed E-state index contributed by atoms with van der Waals surface area (Å²) in [5, 5.41) is 3.39. The molecule has 112 valence electrons. The monoisotopic (exact) mass is 280 g/mol. The van der Waals surface area contributed by atoms with Crippen molar-refractivity contribution in [1.82, 2.24) is 14.9 Å². The molecule has 0 saturated carbocycles. The highest BCUT2D eigenvalue weighted by Gasteiger charge is 2.25. The molecular formula is C14H24N4O2. The van der Waals surface area contributed by atoms with Crippen LogP contribution in [0.5, 0.6) is 0 Å². The minimum absolute atomic E-state index is 0.0173. The third-order valence-electron chi connectivity index (χ3n) is 3.76. The van der Waals surface area contributed by atoms with Crippen LogP contribution in [-0.4, -0.2) is 48.9 Å². The summed E-state index contributed by atoms with van der Waals surface area (Å²) in [5.41, 5.74) is -0.0173. The third kappa shape index (κ3) is 3.58. The quantitative estimate of drug-likeness (QED) is 0.763. The fourth-order valence-electron chi connectivity index (χ4n) is 2.62. The van der Waals surface area contributed by atoms with E-state index in [0.29, 0.717) is 18.5 Å². The Morgan fingerprint density at radius 1 is 1.50 bits per heavy atom. The number of methoxy groups -OCH3 is 1. The van der Waals surface area contributed by atoms with Crippen LogP contribution in [0.15, 0.2) is 17.2 Å². The maximum atomic E-state index is 12.2. The Labute approximate surface area is 119 Å². The molecule has 0 aromatic carbocycles. The summed E-state index contributed by atoms with van der Waals surface area (Å²) < 4.78 is 6.63. The van der Waals surface area contributed by atoms with Gasteiger partial charge in [-0.05, 0) is 19.3 Å². The molecule has 1 saturated heterocycles. The third-order valence-corrected chi connectivity index (χ3v) is 3.76. The molecule has 0 radical (unpaired) electrons. The fraction of sp³-hybridized carbons (Fsp3) is 0.714. The number of aromatic nitrogens is 2. The van der Waals surface area contributed by atoms with E-state index in [-0.39, 0.29) is 5.56 Å². The van der Waals surface area contributed by atoms with Gasteiger partial charge in [0, 0.05) is 52.2 Å². The number of nitrogens with zero attached hydrogens (tertiary/aromatic N) is 3. The van der Waals surface area contributed by atoms with Crippen LogP contribution in [0.25, 0.3) is 0 Å². The summed E-state index contributed by atoms with van der Waals surface area (Å²) in [7, 11) is 3.47. The number of rotatable bonds is 6.